The summed E-state index contributed by atoms with van der Waals surface area (Å²) in [6, 6.07) is 14.2. The normalized spacial score (nSPS) is 15.9. The number of rotatable bonds is 3. The maximum atomic E-state index is 10.8. The van der Waals surface area contributed by atoms with E-state index in [1.165, 1.54) is 27.7 Å². The Labute approximate surface area is 167 Å². The van der Waals surface area contributed by atoms with Crippen LogP contribution in [0.4, 0.5) is 0 Å². The van der Waals surface area contributed by atoms with Crippen LogP contribution in [-0.2, 0) is 19.4 Å². The molecule has 0 spiro atoms. The van der Waals surface area contributed by atoms with E-state index in [0.29, 0.717) is 11.6 Å². The number of aliphatic hydroxyl groups is 1. The van der Waals surface area contributed by atoms with Gasteiger partial charge in [0.2, 0.25) is 0 Å². The van der Waals surface area contributed by atoms with Gasteiger partial charge < -0.3 is 14.6 Å². The molecule has 1 aliphatic rings. The molecular weight excluding hydrogens is 356 g/mol. The van der Waals surface area contributed by atoms with E-state index in [4.69, 9.17) is 11.6 Å². The fraction of sp³-hybridized carbons (Fsp3) is 0.391. The fourth-order valence-electron chi connectivity index (χ4n) is 4.04. The average Bonchev–Trinajstić information content (AvgIpc) is 2.76. The molecule has 4 rings (SSSR count). The highest BCUT2D eigenvalue weighted by atomic mass is 35.5. The Bertz CT molecular complexity index is 930. The van der Waals surface area contributed by atoms with Gasteiger partial charge in [-0.05, 0) is 55.8 Å². The molecule has 2 aromatic carbocycles. The third-order valence-electron chi connectivity index (χ3n) is 5.53. The van der Waals surface area contributed by atoms with Gasteiger partial charge >= 0.3 is 0 Å². The first-order chi connectivity index (χ1) is 12.5. The van der Waals surface area contributed by atoms with E-state index in [9.17, 15) is 5.11 Å². The van der Waals surface area contributed by atoms with Crippen LogP contribution >= 0.6 is 11.6 Å². The molecule has 144 valence electrons. The Morgan fingerprint density at radius 1 is 1.07 bits per heavy atom. The molecule has 0 amide bonds. The zero-order valence-electron chi connectivity index (χ0n) is 15.4. The molecule has 0 bridgehead atoms. The summed E-state index contributed by atoms with van der Waals surface area (Å²) in [6.45, 7) is 4.86. The second-order valence-electron chi connectivity index (χ2n) is 7.43. The van der Waals surface area contributed by atoms with Crippen molar-refractivity contribution in [3.8, 4) is 0 Å². The van der Waals surface area contributed by atoms with Crippen LogP contribution in [0, 0.1) is 6.92 Å². The van der Waals surface area contributed by atoms with Gasteiger partial charge in [0.25, 0.3) is 0 Å². The highest BCUT2D eigenvalue weighted by Gasteiger charge is 2.22. The Hall–Kier alpha value is -1.81. The number of aromatic nitrogens is 1. The molecule has 0 fully saturated rings. The van der Waals surface area contributed by atoms with Gasteiger partial charge in [-0.1, -0.05) is 42.8 Å². The second kappa shape index (κ2) is 8.05. The topological polar surface area (TPSA) is 28.4 Å². The lowest BCUT2D eigenvalue weighted by molar-refractivity contribution is 0.157. The smallest absolute Gasteiger partial charge is 0.0969 e. The zero-order valence-corrected chi connectivity index (χ0v) is 16.1. The van der Waals surface area contributed by atoms with Crippen LogP contribution in [0.1, 0.15) is 35.9 Å². The molecule has 0 aliphatic carbocycles. The predicted molar refractivity (Wildman–Crippen MR) is 115 cm³/mol. The molecule has 2 heterocycles. The largest absolute Gasteiger partial charge is 0.387 e. The van der Waals surface area contributed by atoms with Gasteiger partial charge in [-0.3, -0.25) is 0 Å². The van der Waals surface area contributed by atoms with Crippen molar-refractivity contribution < 1.29 is 5.11 Å². The third kappa shape index (κ3) is 3.91. The van der Waals surface area contributed by atoms with Crippen molar-refractivity contribution in [2.24, 2.45) is 0 Å². The molecule has 3 nitrogen and oxygen atoms in total. The summed E-state index contributed by atoms with van der Waals surface area (Å²) in [5.41, 5.74) is 6.26. The van der Waals surface area contributed by atoms with Crippen LogP contribution in [0.25, 0.3) is 10.9 Å². The summed E-state index contributed by atoms with van der Waals surface area (Å²) < 4.78 is 2.34. The number of nitrogens with zero attached hydrogens (tertiary/aromatic N) is 2. The molecule has 3 aromatic rings. The van der Waals surface area contributed by atoms with Crippen LogP contribution in [0.15, 0.2) is 42.5 Å². The van der Waals surface area contributed by atoms with Gasteiger partial charge in [-0.15, -0.1) is 0 Å². The molecule has 0 radical (unpaired) electrons. The number of halogens is 1. The summed E-state index contributed by atoms with van der Waals surface area (Å²) in [5, 5.41) is 12.9. The number of aryl methyl sites for hydroxylation is 1. The van der Waals surface area contributed by atoms with Crippen molar-refractivity contribution in [1.29, 1.82) is 0 Å². The Morgan fingerprint density at radius 2 is 1.78 bits per heavy atom. The predicted octanol–water partition coefficient (Wildman–Crippen LogP) is 5.00. The minimum atomic E-state index is -0.547. The maximum Gasteiger partial charge on any atom is 0.0969 e. The van der Waals surface area contributed by atoms with Gasteiger partial charge in [-0.2, -0.15) is 0 Å². The van der Waals surface area contributed by atoms with E-state index in [0.717, 1.165) is 31.5 Å². The van der Waals surface area contributed by atoms with E-state index in [1.807, 2.05) is 24.3 Å². The standard InChI is InChI=1S/C22H25ClN2O.CH4/c1-15-3-8-20-19(13-15)18-9-11-24(2)12-10-21(18)25(20)14-22(26)16-4-6-17(23)7-5-16;/h3-8,13,22,26H,9-12,14H2,1-2H3;1H4. The van der Waals surface area contributed by atoms with Crippen LogP contribution in [0.5, 0.6) is 0 Å². The van der Waals surface area contributed by atoms with Crippen LogP contribution in [-0.4, -0.2) is 34.7 Å². The number of hydrogen-bond donors (Lipinski definition) is 1. The van der Waals surface area contributed by atoms with Gasteiger partial charge in [0.15, 0.2) is 0 Å². The van der Waals surface area contributed by atoms with Gasteiger partial charge in [0, 0.05) is 41.1 Å². The Balaban J connectivity index is 0.00000210. The number of benzene rings is 2. The quantitative estimate of drug-likeness (QED) is 0.688. The summed E-state index contributed by atoms with van der Waals surface area (Å²) in [4.78, 5) is 2.39. The summed E-state index contributed by atoms with van der Waals surface area (Å²) in [6.07, 6.45) is 1.54. The van der Waals surface area contributed by atoms with E-state index in [1.54, 1.807) is 0 Å². The number of aliphatic hydroxyl groups excluding tert-OH is 1. The third-order valence-corrected chi connectivity index (χ3v) is 5.78. The van der Waals surface area contributed by atoms with Crippen molar-refractivity contribution >= 4 is 22.5 Å². The van der Waals surface area contributed by atoms with E-state index >= 15 is 0 Å². The van der Waals surface area contributed by atoms with Crippen molar-refractivity contribution in [2.45, 2.75) is 39.8 Å². The SMILES string of the molecule is C.Cc1ccc2c(c1)c1c(n2CC(O)c2ccc(Cl)cc2)CCN(C)CC1. The first kappa shape index (κ1) is 19.9. The average molecular weight is 385 g/mol. The van der Waals surface area contributed by atoms with Crippen molar-refractivity contribution in [3.05, 3.63) is 69.9 Å². The first-order valence-electron chi connectivity index (χ1n) is 9.25. The second-order valence-corrected chi connectivity index (χ2v) is 7.86. The zero-order chi connectivity index (χ0) is 18.3. The molecule has 0 saturated carbocycles. The monoisotopic (exact) mass is 384 g/mol. The molecule has 1 N–H and O–H groups in total. The van der Waals surface area contributed by atoms with Crippen molar-refractivity contribution in [3.63, 3.8) is 0 Å². The summed E-state index contributed by atoms with van der Waals surface area (Å²) in [7, 11) is 2.19. The minimum absolute atomic E-state index is 0. The number of hydrogen-bond acceptors (Lipinski definition) is 2. The fourth-order valence-corrected chi connectivity index (χ4v) is 4.16. The lowest BCUT2D eigenvalue weighted by Crippen LogP contribution is -2.21. The number of fused-ring (bicyclic) bond motifs is 3. The highest BCUT2D eigenvalue weighted by molar-refractivity contribution is 6.30. The Morgan fingerprint density at radius 3 is 2.52 bits per heavy atom. The van der Waals surface area contributed by atoms with E-state index < -0.39 is 6.10 Å². The summed E-state index contributed by atoms with van der Waals surface area (Å²) in [5.74, 6) is 0. The lowest BCUT2D eigenvalue weighted by atomic mass is 10.1. The lowest BCUT2D eigenvalue weighted by Gasteiger charge is -2.17. The van der Waals surface area contributed by atoms with Crippen molar-refractivity contribution in [1.82, 2.24) is 9.47 Å². The molecule has 4 heteroatoms. The van der Waals surface area contributed by atoms with Crippen LogP contribution < -0.4 is 0 Å². The molecule has 1 aliphatic heterocycles. The Kier molecular flexibility index (Phi) is 5.95. The van der Waals surface area contributed by atoms with E-state index in [-0.39, 0.29) is 7.43 Å². The molecule has 1 atom stereocenters. The maximum absolute atomic E-state index is 10.8. The molecule has 1 aromatic heterocycles. The highest BCUT2D eigenvalue weighted by Crippen LogP contribution is 2.32. The van der Waals surface area contributed by atoms with Crippen LogP contribution in [0.2, 0.25) is 5.02 Å². The minimum Gasteiger partial charge on any atom is -0.387 e. The van der Waals surface area contributed by atoms with Gasteiger partial charge in [-0.25, -0.2) is 0 Å². The molecule has 0 saturated heterocycles. The number of likely N-dealkylation sites (N-methyl/N-ethyl adjacent to an activating group) is 1. The van der Waals surface area contributed by atoms with E-state index in [2.05, 4.69) is 41.6 Å². The van der Waals surface area contributed by atoms with Gasteiger partial charge in [0.05, 0.1) is 12.6 Å². The van der Waals surface area contributed by atoms with Crippen molar-refractivity contribution in [2.75, 3.05) is 20.1 Å². The molecular formula is C23H29ClN2O. The summed E-state index contributed by atoms with van der Waals surface area (Å²) >= 11 is 5.99. The molecule has 1 unspecified atom stereocenters. The first-order valence-corrected chi connectivity index (χ1v) is 9.63. The van der Waals surface area contributed by atoms with Gasteiger partial charge in [0.1, 0.15) is 0 Å². The van der Waals surface area contributed by atoms with Crippen LogP contribution in [0.3, 0.4) is 0 Å². The molecule has 27 heavy (non-hydrogen) atoms.